The summed E-state index contributed by atoms with van der Waals surface area (Å²) in [5.74, 6) is -0.321. The molecule has 1 aliphatic rings. The quantitative estimate of drug-likeness (QED) is 0.358. The first-order valence-electron chi connectivity index (χ1n) is 12.0. The highest BCUT2D eigenvalue weighted by Crippen LogP contribution is 2.37. The Morgan fingerprint density at radius 2 is 1.38 bits per heavy atom. The fourth-order valence-corrected chi connectivity index (χ4v) is 9.51. The van der Waals surface area contributed by atoms with Crippen molar-refractivity contribution in [2.75, 3.05) is 6.61 Å². The molecule has 0 radical (unpaired) electrons. The van der Waals surface area contributed by atoms with Crippen molar-refractivity contribution in [1.82, 2.24) is 0 Å². The molecule has 3 aromatic carbocycles. The van der Waals surface area contributed by atoms with Crippen molar-refractivity contribution in [2.24, 2.45) is 0 Å². The minimum absolute atomic E-state index is 0.00123. The van der Waals surface area contributed by atoms with Crippen LogP contribution in [0.5, 0.6) is 0 Å². The number of hydrogen-bond donors (Lipinski definition) is 0. The Bertz CT molecular complexity index is 1020. The number of hydrogen-bond acceptors (Lipinski definition) is 4. The highest BCUT2D eigenvalue weighted by Gasteiger charge is 2.51. The van der Waals surface area contributed by atoms with E-state index >= 15 is 0 Å². The standard InChI is InChI=1S/C29H34O4Si/c1-22-20-26(33-28(30)23-14-8-5-9-15-23)27(32-22)21-31-34(29(2,3)4,24-16-10-6-11-17-24)25-18-12-7-13-19-25/h5-19,22,26-27H,20-21H2,1-4H3/t22?,26-,27-/m0/s1. The fraction of sp³-hybridized carbons (Fsp3) is 0.345. The second kappa shape index (κ2) is 10.3. The lowest BCUT2D eigenvalue weighted by Gasteiger charge is -2.43. The number of benzene rings is 3. The van der Waals surface area contributed by atoms with Crippen LogP contribution in [0.1, 0.15) is 44.5 Å². The molecule has 1 unspecified atom stereocenters. The molecule has 3 aromatic rings. The summed E-state index contributed by atoms with van der Waals surface area (Å²) in [6.45, 7) is 9.15. The predicted octanol–water partition coefficient (Wildman–Crippen LogP) is 4.97. The van der Waals surface area contributed by atoms with E-state index in [1.54, 1.807) is 12.1 Å². The molecule has 1 saturated heterocycles. The molecule has 1 heterocycles. The van der Waals surface area contributed by atoms with Crippen LogP contribution >= 0.6 is 0 Å². The van der Waals surface area contributed by atoms with Gasteiger partial charge in [-0.05, 0) is 34.5 Å². The second-order valence-corrected chi connectivity index (χ2v) is 14.3. The first-order chi connectivity index (χ1) is 16.3. The van der Waals surface area contributed by atoms with Gasteiger partial charge in [0.25, 0.3) is 8.32 Å². The zero-order valence-corrected chi connectivity index (χ0v) is 21.4. The Kier molecular flexibility index (Phi) is 7.36. The lowest BCUT2D eigenvalue weighted by atomic mass is 10.1. The zero-order valence-electron chi connectivity index (χ0n) is 20.4. The molecule has 34 heavy (non-hydrogen) atoms. The summed E-state index contributed by atoms with van der Waals surface area (Å²) < 4.78 is 19.2. The Labute approximate surface area is 204 Å². The van der Waals surface area contributed by atoms with Crippen LogP contribution in [-0.2, 0) is 13.9 Å². The van der Waals surface area contributed by atoms with Crippen molar-refractivity contribution in [3.8, 4) is 0 Å². The van der Waals surface area contributed by atoms with Crippen LogP contribution in [0.25, 0.3) is 0 Å². The first kappa shape index (κ1) is 24.4. The van der Waals surface area contributed by atoms with Gasteiger partial charge in [-0.1, -0.05) is 99.6 Å². The lowest BCUT2D eigenvalue weighted by Crippen LogP contribution is -2.67. The minimum atomic E-state index is -2.69. The van der Waals surface area contributed by atoms with E-state index in [0.717, 1.165) is 0 Å². The fourth-order valence-electron chi connectivity index (χ4n) is 4.94. The summed E-state index contributed by atoms with van der Waals surface area (Å²) in [4.78, 5) is 12.7. The minimum Gasteiger partial charge on any atom is -0.456 e. The summed E-state index contributed by atoms with van der Waals surface area (Å²) in [6, 6.07) is 30.2. The van der Waals surface area contributed by atoms with Gasteiger partial charge in [0.2, 0.25) is 0 Å². The van der Waals surface area contributed by atoms with Crippen molar-refractivity contribution >= 4 is 24.7 Å². The van der Waals surface area contributed by atoms with Crippen molar-refractivity contribution in [2.45, 2.75) is 57.5 Å². The van der Waals surface area contributed by atoms with Gasteiger partial charge in [-0.2, -0.15) is 0 Å². The molecule has 0 spiro atoms. The summed E-state index contributed by atoms with van der Waals surface area (Å²) in [6.07, 6.45) is -0.000525. The van der Waals surface area contributed by atoms with Gasteiger partial charge in [0.15, 0.2) is 0 Å². The average molecular weight is 475 g/mol. The molecule has 0 aromatic heterocycles. The first-order valence-corrected chi connectivity index (χ1v) is 13.9. The molecule has 0 saturated carbocycles. The number of ether oxygens (including phenoxy) is 2. The van der Waals surface area contributed by atoms with E-state index < -0.39 is 8.32 Å². The van der Waals surface area contributed by atoms with Gasteiger partial charge < -0.3 is 13.9 Å². The van der Waals surface area contributed by atoms with Crippen LogP contribution < -0.4 is 10.4 Å². The van der Waals surface area contributed by atoms with Crippen LogP contribution in [0.4, 0.5) is 0 Å². The van der Waals surface area contributed by atoms with Crippen molar-refractivity contribution in [1.29, 1.82) is 0 Å². The normalized spacial score (nSPS) is 20.8. The molecule has 0 N–H and O–H groups in total. The van der Waals surface area contributed by atoms with Gasteiger partial charge in [-0.3, -0.25) is 0 Å². The molecule has 178 valence electrons. The third kappa shape index (κ3) is 5.02. The molecular weight excluding hydrogens is 440 g/mol. The van der Waals surface area contributed by atoms with Gasteiger partial charge in [-0.15, -0.1) is 0 Å². The van der Waals surface area contributed by atoms with Crippen molar-refractivity contribution in [3.63, 3.8) is 0 Å². The summed E-state index contributed by atoms with van der Waals surface area (Å²) in [5, 5.41) is 2.31. The molecular formula is C29H34O4Si. The Morgan fingerprint density at radius 1 is 0.882 bits per heavy atom. The molecule has 5 heteroatoms. The molecule has 3 atom stereocenters. The number of carbonyl (C=O) groups excluding carboxylic acids is 1. The van der Waals surface area contributed by atoms with E-state index in [0.29, 0.717) is 18.6 Å². The largest absolute Gasteiger partial charge is 0.456 e. The van der Waals surface area contributed by atoms with E-state index in [-0.39, 0.29) is 29.3 Å². The van der Waals surface area contributed by atoms with E-state index in [2.05, 4.69) is 69.3 Å². The molecule has 0 aliphatic carbocycles. The number of esters is 1. The third-order valence-corrected chi connectivity index (χ3v) is 11.5. The van der Waals surface area contributed by atoms with E-state index in [1.165, 1.54) is 10.4 Å². The van der Waals surface area contributed by atoms with E-state index in [9.17, 15) is 4.79 Å². The molecule has 4 nitrogen and oxygen atoms in total. The Hall–Kier alpha value is -2.73. The average Bonchev–Trinajstić information content (AvgIpc) is 3.19. The van der Waals surface area contributed by atoms with Crippen molar-refractivity contribution < 1.29 is 18.7 Å². The van der Waals surface area contributed by atoms with Gasteiger partial charge >= 0.3 is 5.97 Å². The van der Waals surface area contributed by atoms with Crippen LogP contribution in [-0.4, -0.2) is 39.2 Å². The summed E-state index contributed by atoms with van der Waals surface area (Å²) in [5.41, 5.74) is 0.550. The van der Waals surface area contributed by atoms with Crippen LogP contribution in [0.2, 0.25) is 5.04 Å². The van der Waals surface area contributed by atoms with Gasteiger partial charge in [-0.25, -0.2) is 4.79 Å². The monoisotopic (exact) mass is 474 g/mol. The maximum atomic E-state index is 12.7. The SMILES string of the molecule is CC1C[C@H](OC(=O)c2ccccc2)[C@H](CO[Si](c2ccccc2)(c2ccccc2)C(C)(C)C)O1. The highest BCUT2D eigenvalue weighted by atomic mass is 28.4. The Balaban J connectivity index is 1.62. The smallest absolute Gasteiger partial charge is 0.338 e. The van der Waals surface area contributed by atoms with Gasteiger partial charge in [0.05, 0.1) is 18.3 Å². The van der Waals surface area contributed by atoms with Gasteiger partial charge in [0.1, 0.15) is 12.2 Å². The van der Waals surface area contributed by atoms with Crippen LogP contribution in [0.3, 0.4) is 0 Å². The molecule has 4 rings (SSSR count). The van der Waals surface area contributed by atoms with Crippen molar-refractivity contribution in [3.05, 3.63) is 96.6 Å². The second-order valence-electron chi connectivity index (χ2n) is 10.0. The zero-order chi connectivity index (χ0) is 24.2. The summed E-state index contributed by atoms with van der Waals surface area (Å²) >= 11 is 0. The lowest BCUT2D eigenvalue weighted by molar-refractivity contribution is -0.0281. The Morgan fingerprint density at radius 3 is 1.88 bits per heavy atom. The maximum absolute atomic E-state index is 12.7. The van der Waals surface area contributed by atoms with Crippen LogP contribution in [0.15, 0.2) is 91.0 Å². The highest BCUT2D eigenvalue weighted by molar-refractivity contribution is 6.99. The molecule has 1 fully saturated rings. The van der Waals surface area contributed by atoms with Crippen LogP contribution in [0, 0.1) is 0 Å². The topological polar surface area (TPSA) is 44.8 Å². The van der Waals surface area contributed by atoms with E-state index in [4.69, 9.17) is 13.9 Å². The third-order valence-electron chi connectivity index (χ3n) is 6.53. The number of carbonyl (C=O) groups is 1. The van der Waals surface area contributed by atoms with Gasteiger partial charge in [0, 0.05) is 6.42 Å². The predicted molar refractivity (Wildman–Crippen MR) is 138 cm³/mol. The maximum Gasteiger partial charge on any atom is 0.338 e. The molecule has 0 amide bonds. The number of rotatable bonds is 7. The molecule has 1 aliphatic heterocycles. The summed E-state index contributed by atoms with van der Waals surface area (Å²) in [7, 11) is -2.69. The van der Waals surface area contributed by atoms with E-state index in [1.807, 2.05) is 37.3 Å². The molecule has 0 bridgehead atoms.